The zero-order valence-corrected chi connectivity index (χ0v) is 31.1. The Kier molecular flexibility index (Phi) is 11.3. The number of imidazole rings is 2. The summed E-state index contributed by atoms with van der Waals surface area (Å²) >= 11 is 0. The molecule has 1 aliphatic heterocycles. The third kappa shape index (κ3) is 8.27. The van der Waals surface area contributed by atoms with Crippen LogP contribution in [0.4, 0.5) is 4.79 Å². The minimum absolute atomic E-state index is 0.0739. The van der Waals surface area contributed by atoms with E-state index in [1.165, 1.54) is 26.4 Å². The summed E-state index contributed by atoms with van der Waals surface area (Å²) in [6.45, 7) is 4.97. The Bertz CT molecular complexity index is 1990. The van der Waals surface area contributed by atoms with Crippen molar-refractivity contribution in [3.05, 3.63) is 97.2 Å². The summed E-state index contributed by atoms with van der Waals surface area (Å²) in [5, 5.41) is 5.67. The molecule has 8 rings (SSSR count). The number of aromatic amines is 2. The van der Waals surface area contributed by atoms with Crippen LogP contribution in [0.3, 0.4) is 0 Å². The lowest BCUT2D eigenvalue weighted by atomic mass is 9.88. The van der Waals surface area contributed by atoms with Gasteiger partial charge in [0.1, 0.15) is 17.6 Å². The van der Waals surface area contributed by atoms with E-state index in [4.69, 9.17) is 9.15 Å². The third-order valence-electron chi connectivity index (χ3n) is 11.2. The number of amides is 3. The van der Waals surface area contributed by atoms with Crippen molar-refractivity contribution in [3.63, 3.8) is 0 Å². The molecule has 54 heavy (non-hydrogen) atoms. The number of alkyl carbamates (subject to hydrolysis) is 1. The Labute approximate surface area is 315 Å². The first-order valence-corrected chi connectivity index (χ1v) is 19.0. The van der Waals surface area contributed by atoms with Crippen molar-refractivity contribution in [2.24, 2.45) is 23.7 Å². The van der Waals surface area contributed by atoms with Crippen molar-refractivity contribution in [1.29, 1.82) is 0 Å². The normalized spacial score (nSPS) is 20.7. The molecular weight excluding hydrogens is 683 g/mol. The van der Waals surface area contributed by atoms with E-state index in [0.29, 0.717) is 19.0 Å². The number of H-pyrrole nitrogens is 2. The maximum absolute atomic E-state index is 13.4. The van der Waals surface area contributed by atoms with Crippen LogP contribution < -0.4 is 10.6 Å². The van der Waals surface area contributed by atoms with Gasteiger partial charge < -0.3 is 34.7 Å². The number of rotatable bonds is 10. The van der Waals surface area contributed by atoms with Crippen LogP contribution in [0.1, 0.15) is 70.0 Å². The highest BCUT2D eigenvalue weighted by molar-refractivity contribution is 5.86. The molecule has 2 saturated carbocycles. The number of nitrogens with one attached hydrogen (secondary N) is 4. The van der Waals surface area contributed by atoms with Gasteiger partial charge >= 0.3 is 6.09 Å². The maximum Gasteiger partial charge on any atom is 0.407 e. The van der Waals surface area contributed by atoms with Crippen LogP contribution in [0.2, 0.25) is 0 Å². The van der Waals surface area contributed by atoms with Gasteiger partial charge in [-0.15, -0.1) is 0 Å². The second-order valence-corrected chi connectivity index (χ2v) is 14.9. The second-order valence-electron chi connectivity index (χ2n) is 14.9. The molecule has 4 N–H and O–H groups in total. The van der Waals surface area contributed by atoms with Gasteiger partial charge in [0, 0.05) is 12.5 Å². The summed E-state index contributed by atoms with van der Waals surface area (Å²) in [5.41, 5.74) is 6.25. The molecule has 5 unspecified atom stereocenters. The largest absolute Gasteiger partial charge is 0.467 e. The monoisotopic (exact) mass is 731 g/mol. The summed E-state index contributed by atoms with van der Waals surface area (Å²) in [4.78, 5) is 54.2. The van der Waals surface area contributed by atoms with Gasteiger partial charge in [-0.2, -0.15) is 0 Å². The van der Waals surface area contributed by atoms with Gasteiger partial charge in [0.15, 0.2) is 0 Å². The van der Waals surface area contributed by atoms with E-state index in [1.807, 2.05) is 43.3 Å². The lowest BCUT2D eigenvalue weighted by Crippen LogP contribution is -2.51. The van der Waals surface area contributed by atoms with E-state index < -0.39 is 12.1 Å². The number of ether oxygens (including phenoxy) is 1. The molecule has 5 atom stereocenters. The van der Waals surface area contributed by atoms with Crippen LogP contribution >= 0.6 is 0 Å². The van der Waals surface area contributed by atoms with E-state index in [0.717, 1.165) is 70.4 Å². The molecule has 1 saturated heterocycles. The maximum atomic E-state index is 13.4. The highest BCUT2D eigenvalue weighted by Gasteiger charge is 2.43. The van der Waals surface area contributed by atoms with Crippen LogP contribution in [-0.2, 0) is 20.9 Å². The highest BCUT2D eigenvalue weighted by Crippen LogP contribution is 2.48. The molecular formula is C42H49N7O5. The van der Waals surface area contributed by atoms with Gasteiger partial charge in [-0.1, -0.05) is 68.8 Å². The number of fused-ring (bicyclic) bond motifs is 2. The molecule has 0 spiro atoms. The number of methoxy groups -OCH3 is 1. The molecule has 12 heteroatoms. The number of aromatic nitrogens is 4. The molecule has 3 aliphatic rings. The lowest BCUT2D eigenvalue weighted by Gasteiger charge is -2.30. The van der Waals surface area contributed by atoms with E-state index in [1.54, 1.807) is 12.6 Å². The van der Waals surface area contributed by atoms with Crippen LogP contribution in [0.25, 0.3) is 33.6 Å². The zero-order valence-electron chi connectivity index (χ0n) is 31.1. The molecule has 3 fully saturated rings. The van der Waals surface area contributed by atoms with Gasteiger partial charge in [-0.3, -0.25) is 9.59 Å². The van der Waals surface area contributed by atoms with Gasteiger partial charge in [0.05, 0.1) is 56.1 Å². The standard InChI is InChI=1S/C29H32N6O3.C13H17NO2/c1-18(2)26(34-29(37)38-3)28(36)35-14-4-5-25(35)27-31-16-24(33-27)22-12-8-20(9-13-22)19-6-10-21(11-7-19)23-15-30-17-32-23;15-13(14-8-11-2-1-5-16-11)12-7-9-3-4-10(12)6-9/h6-13,15-18,25-26H,4-5,14H2,1-3H3,(H,30,32)(H,31,33)(H,34,37);1-2,5,9-10,12H,3-4,6-8H2,(H,14,15). The molecule has 2 bridgehead atoms. The number of benzene rings is 2. The first-order chi connectivity index (χ1) is 26.3. The summed E-state index contributed by atoms with van der Waals surface area (Å²) < 4.78 is 9.92. The zero-order chi connectivity index (χ0) is 37.6. The average molecular weight is 732 g/mol. The molecule has 3 amide bonds. The summed E-state index contributed by atoms with van der Waals surface area (Å²) in [6, 6.07) is 19.6. The number of hydrogen-bond donors (Lipinski definition) is 4. The number of nitrogens with zero attached hydrogens (tertiary/aromatic N) is 3. The molecule has 12 nitrogen and oxygen atoms in total. The Morgan fingerprint density at radius 2 is 1.65 bits per heavy atom. The molecule has 2 aromatic carbocycles. The van der Waals surface area contributed by atoms with Gasteiger partial charge in [0.25, 0.3) is 0 Å². The Morgan fingerprint density at radius 3 is 2.24 bits per heavy atom. The van der Waals surface area contributed by atoms with Crippen LogP contribution in [0, 0.1) is 23.7 Å². The quantitative estimate of drug-likeness (QED) is 0.116. The minimum atomic E-state index is -0.654. The molecule has 282 valence electrons. The average Bonchev–Trinajstić information content (AvgIpc) is 4.05. The molecule has 2 aliphatic carbocycles. The van der Waals surface area contributed by atoms with Gasteiger partial charge in [-0.25, -0.2) is 14.8 Å². The van der Waals surface area contributed by atoms with Crippen molar-refractivity contribution < 1.29 is 23.5 Å². The lowest BCUT2D eigenvalue weighted by molar-refractivity contribution is -0.135. The van der Waals surface area contributed by atoms with E-state index in [-0.39, 0.29) is 29.7 Å². The van der Waals surface area contributed by atoms with Crippen LogP contribution in [0.5, 0.6) is 0 Å². The third-order valence-corrected chi connectivity index (χ3v) is 11.2. The molecule has 5 aromatic rings. The fraction of sp³-hybridized carbons (Fsp3) is 0.405. The Hall–Kier alpha value is -5.65. The first kappa shape index (κ1) is 36.7. The van der Waals surface area contributed by atoms with Crippen LogP contribution in [-0.4, -0.2) is 62.4 Å². The Morgan fingerprint density at radius 1 is 0.926 bits per heavy atom. The number of carbonyl (C=O) groups is 3. The van der Waals surface area contributed by atoms with Crippen molar-refractivity contribution in [3.8, 4) is 33.6 Å². The molecule has 4 heterocycles. The SMILES string of the molecule is COC(=O)NC(C(=O)N1CCCC1c1ncc(-c2ccc(-c3ccc(-c4cnc[nH]4)cc3)cc2)[nH]1)C(C)C.O=C(NCc1ccco1)C1CC2CCC1C2. The highest BCUT2D eigenvalue weighted by atomic mass is 16.5. The van der Waals surface area contributed by atoms with E-state index in [2.05, 4.69) is 79.1 Å². The van der Waals surface area contributed by atoms with Crippen molar-refractivity contribution >= 4 is 17.9 Å². The van der Waals surface area contributed by atoms with E-state index >= 15 is 0 Å². The fourth-order valence-corrected chi connectivity index (χ4v) is 8.23. The van der Waals surface area contributed by atoms with Gasteiger partial charge in [-0.05, 0) is 84.2 Å². The van der Waals surface area contributed by atoms with Crippen molar-refractivity contribution in [1.82, 2.24) is 35.5 Å². The first-order valence-electron chi connectivity index (χ1n) is 19.0. The smallest absolute Gasteiger partial charge is 0.407 e. The summed E-state index contributed by atoms with van der Waals surface area (Å²) in [5.74, 6) is 3.37. The van der Waals surface area contributed by atoms with E-state index in [9.17, 15) is 14.4 Å². The van der Waals surface area contributed by atoms with Gasteiger partial charge in [0.2, 0.25) is 11.8 Å². The fourth-order valence-electron chi connectivity index (χ4n) is 8.23. The summed E-state index contributed by atoms with van der Waals surface area (Å²) in [7, 11) is 1.30. The predicted molar refractivity (Wildman–Crippen MR) is 204 cm³/mol. The minimum Gasteiger partial charge on any atom is -0.467 e. The second kappa shape index (κ2) is 16.6. The Balaban J connectivity index is 0.000000232. The predicted octanol–water partition coefficient (Wildman–Crippen LogP) is 7.51. The van der Waals surface area contributed by atoms with Crippen LogP contribution in [0.15, 0.2) is 90.1 Å². The number of hydrogen-bond acceptors (Lipinski definition) is 7. The summed E-state index contributed by atoms with van der Waals surface area (Å²) in [6.07, 6.45) is 13.0. The van der Waals surface area contributed by atoms with Crippen molar-refractivity contribution in [2.45, 2.75) is 71.0 Å². The topological polar surface area (TPSA) is 158 Å². The molecule has 3 aromatic heterocycles. The molecule has 0 radical (unpaired) electrons. The number of furan rings is 1. The number of likely N-dealkylation sites (tertiary alicyclic amines) is 1. The van der Waals surface area contributed by atoms with Crippen molar-refractivity contribution in [2.75, 3.05) is 13.7 Å². The number of carbonyl (C=O) groups excluding carboxylic acids is 3.